The van der Waals surface area contributed by atoms with E-state index in [1.165, 1.54) is 0 Å². The Labute approximate surface area is 82.7 Å². The molecule has 0 fully saturated rings. The monoisotopic (exact) mass is 197 g/mol. The molecule has 1 rings (SSSR count). The lowest BCUT2D eigenvalue weighted by Crippen LogP contribution is -2.04. The number of hydrogen-bond donors (Lipinski definition) is 1. The minimum atomic E-state index is -0.802. The molecule has 0 aliphatic heterocycles. The summed E-state index contributed by atoms with van der Waals surface area (Å²) >= 11 is 0. The van der Waals surface area contributed by atoms with E-state index in [0.717, 1.165) is 12.2 Å². The molecule has 0 aromatic carbocycles. The van der Waals surface area contributed by atoms with Gasteiger partial charge in [0.15, 0.2) is 0 Å². The average Bonchev–Trinajstić information content (AvgIpc) is 2.47. The molecule has 0 aliphatic rings. The van der Waals surface area contributed by atoms with Crippen molar-refractivity contribution in [2.24, 2.45) is 5.92 Å². The fourth-order valence-corrected chi connectivity index (χ4v) is 1.15. The maximum atomic E-state index is 10.3. The van der Waals surface area contributed by atoms with Gasteiger partial charge in [-0.25, -0.2) is 0 Å². The Morgan fingerprint density at radius 3 is 2.93 bits per heavy atom. The molecule has 1 aromatic heterocycles. The number of nitrogens with zero attached hydrogens (tertiary/aromatic N) is 3. The second-order valence-corrected chi connectivity index (χ2v) is 3.72. The summed E-state index contributed by atoms with van der Waals surface area (Å²) in [7, 11) is 0. The van der Waals surface area contributed by atoms with E-state index in [0.29, 0.717) is 12.3 Å². The van der Waals surface area contributed by atoms with Gasteiger partial charge in [0.05, 0.1) is 12.1 Å². The van der Waals surface area contributed by atoms with Crippen molar-refractivity contribution < 1.29 is 9.90 Å². The van der Waals surface area contributed by atoms with E-state index >= 15 is 0 Å². The number of rotatable bonds is 5. The predicted octanol–water partition coefficient (Wildman–Crippen LogP) is 0.951. The lowest BCUT2D eigenvalue weighted by molar-refractivity contribution is -0.136. The quantitative estimate of drug-likeness (QED) is 0.763. The molecular weight excluding hydrogens is 182 g/mol. The average molecular weight is 197 g/mol. The molecule has 0 bridgehead atoms. The van der Waals surface area contributed by atoms with E-state index in [2.05, 4.69) is 24.2 Å². The van der Waals surface area contributed by atoms with E-state index in [4.69, 9.17) is 5.11 Å². The number of aliphatic carboxylic acids is 1. The zero-order valence-corrected chi connectivity index (χ0v) is 8.47. The smallest absolute Gasteiger partial charge is 0.303 e. The summed E-state index contributed by atoms with van der Waals surface area (Å²) in [5.74, 6) is -0.285. The Balaban J connectivity index is 2.46. The maximum absolute atomic E-state index is 10.3. The van der Waals surface area contributed by atoms with Gasteiger partial charge in [-0.1, -0.05) is 19.1 Å². The summed E-state index contributed by atoms with van der Waals surface area (Å²) in [4.78, 5) is 10.3. The number of aromatic nitrogens is 3. The first-order valence-corrected chi connectivity index (χ1v) is 4.68. The topological polar surface area (TPSA) is 68.0 Å². The Bertz CT molecular complexity index is 307. The Kier molecular flexibility index (Phi) is 3.62. The van der Waals surface area contributed by atoms with Crippen LogP contribution in [0.1, 0.15) is 26.0 Å². The molecule has 0 amide bonds. The molecule has 0 saturated heterocycles. The number of aryl methyl sites for hydroxylation is 1. The minimum absolute atomic E-state index is 0.111. The van der Waals surface area contributed by atoms with Crippen molar-refractivity contribution in [1.29, 1.82) is 0 Å². The molecule has 0 spiro atoms. The molecule has 1 aromatic rings. The van der Waals surface area contributed by atoms with Crippen LogP contribution in [-0.2, 0) is 17.8 Å². The van der Waals surface area contributed by atoms with E-state index in [-0.39, 0.29) is 6.42 Å². The van der Waals surface area contributed by atoms with Crippen LogP contribution in [0.4, 0.5) is 0 Å². The molecule has 0 atom stereocenters. The van der Waals surface area contributed by atoms with E-state index in [1.54, 1.807) is 4.68 Å². The van der Waals surface area contributed by atoms with Crippen molar-refractivity contribution in [2.75, 3.05) is 0 Å². The van der Waals surface area contributed by atoms with Gasteiger partial charge in [0, 0.05) is 19.2 Å². The number of carbonyl (C=O) groups is 1. The molecule has 1 N–H and O–H groups in total. The third kappa shape index (κ3) is 3.55. The lowest BCUT2D eigenvalue weighted by atomic mass is 10.2. The van der Waals surface area contributed by atoms with Crippen LogP contribution in [0.2, 0.25) is 0 Å². The van der Waals surface area contributed by atoms with Crippen LogP contribution in [0.25, 0.3) is 0 Å². The Morgan fingerprint density at radius 1 is 1.64 bits per heavy atom. The SMILES string of the molecule is CC(C)Cn1cc(CCC(=O)O)nn1. The zero-order valence-electron chi connectivity index (χ0n) is 8.47. The van der Waals surface area contributed by atoms with Gasteiger partial charge in [-0.15, -0.1) is 5.10 Å². The van der Waals surface area contributed by atoms with Crippen LogP contribution in [0, 0.1) is 5.92 Å². The van der Waals surface area contributed by atoms with Crippen molar-refractivity contribution in [3.63, 3.8) is 0 Å². The van der Waals surface area contributed by atoms with Crippen molar-refractivity contribution in [2.45, 2.75) is 33.2 Å². The lowest BCUT2D eigenvalue weighted by Gasteiger charge is -2.01. The normalized spacial score (nSPS) is 10.8. The molecule has 14 heavy (non-hydrogen) atoms. The first-order chi connectivity index (χ1) is 6.58. The van der Waals surface area contributed by atoms with Crippen LogP contribution >= 0.6 is 0 Å². The van der Waals surface area contributed by atoms with E-state index in [1.807, 2.05) is 6.20 Å². The van der Waals surface area contributed by atoms with Gasteiger partial charge in [0.1, 0.15) is 0 Å². The number of carboxylic acid groups (broad SMARTS) is 1. The third-order valence-electron chi connectivity index (χ3n) is 1.73. The molecule has 0 aliphatic carbocycles. The summed E-state index contributed by atoms with van der Waals surface area (Å²) < 4.78 is 1.75. The van der Waals surface area contributed by atoms with Crippen molar-refractivity contribution in [3.05, 3.63) is 11.9 Å². The molecule has 5 nitrogen and oxygen atoms in total. The highest BCUT2D eigenvalue weighted by Crippen LogP contribution is 2.01. The third-order valence-corrected chi connectivity index (χ3v) is 1.73. The molecule has 0 radical (unpaired) electrons. The first-order valence-electron chi connectivity index (χ1n) is 4.68. The minimum Gasteiger partial charge on any atom is -0.481 e. The van der Waals surface area contributed by atoms with Gasteiger partial charge in [0.2, 0.25) is 0 Å². The predicted molar refractivity (Wildman–Crippen MR) is 50.8 cm³/mol. The van der Waals surface area contributed by atoms with Gasteiger partial charge in [-0.2, -0.15) is 0 Å². The van der Waals surface area contributed by atoms with Crippen LogP contribution in [0.5, 0.6) is 0 Å². The summed E-state index contributed by atoms with van der Waals surface area (Å²) in [5.41, 5.74) is 0.744. The van der Waals surface area contributed by atoms with Crippen LogP contribution in [0.3, 0.4) is 0 Å². The Morgan fingerprint density at radius 2 is 2.36 bits per heavy atom. The van der Waals surface area contributed by atoms with Crippen molar-refractivity contribution >= 4 is 5.97 Å². The number of carboxylic acids is 1. The molecule has 78 valence electrons. The van der Waals surface area contributed by atoms with Crippen molar-refractivity contribution in [1.82, 2.24) is 15.0 Å². The molecule has 1 heterocycles. The second-order valence-electron chi connectivity index (χ2n) is 3.72. The summed E-state index contributed by atoms with van der Waals surface area (Å²) in [6, 6.07) is 0. The van der Waals surface area contributed by atoms with Crippen LogP contribution in [-0.4, -0.2) is 26.1 Å². The highest BCUT2D eigenvalue weighted by molar-refractivity contribution is 5.66. The Hall–Kier alpha value is -1.39. The summed E-state index contributed by atoms with van der Waals surface area (Å²) in [5, 5.41) is 16.3. The van der Waals surface area contributed by atoms with Crippen molar-refractivity contribution in [3.8, 4) is 0 Å². The fraction of sp³-hybridized carbons (Fsp3) is 0.667. The van der Waals surface area contributed by atoms with Gasteiger partial charge in [0.25, 0.3) is 0 Å². The molecule has 0 unspecified atom stereocenters. The fourth-order valence-electron chi connectivity index (χ4n) is 1.15. The van der Waals surface area contributed by atoms with Gasteiger partial charge in [-0.05, 0) is 5.92 Å². The highest BCUT2D eigenvalue weighted by atomic mass is 16.4. The largest absolute Gasteiger partial charge is 0.481 e. The summed E-state index contributed by atoms with van der Waals surface area (Å²) in [6.07, 6.45) is 2.37. The molecule has 0 saturated carbocycles. The van der Waals surface area contributed by atoms with Gasteiger partial charge < -0.3 is 5.11 Å². The van der Waals surface area contributed by atoms with Gasteiger partial charge in [-0.3, -0.25) is 9.48 Å². The second kappa shape index (κ2) is 4.74. The molecule has 5 heteroatoms. The van der Waals surface area contributed by atoms with E-state index < -0.39 is 5.97 Å². The standard InChI is InChI=1S/C9H15N3O2/c1-7(2)5-12-6-8(10-11-12)3-4-9(13)14/h6-7H,3-5H2,1-2H3,(H,13,14). The summed E-state index contributed by atoms with van der Waals surface area (Å²) in [6.45, 7) is 5.01. The maximum Gasteiger partial charge on any atom is 0.303 e. The molecular formula is C9H15N3O2. The highest BCUT2D eigenvalue weighted by Gasteiger charge is 2.04. The zero-order chi connectivity index (χ0) is 10.6. The van der Waals surface area contributed by atoms with E-state index in [9.17, 15) is 4.79 Å². The first kappa shape index (κ1) is 10.7. The number of hydrogen-bond acceptors (Lipinski definition) is 3. The van der Waals surface area contributed by atoms with Crippen LogP contribution < -0.4 is 0 Å². The van der Waals surface area contributed by atoms with Gasteiger partial charge >= 0.3 is 5.97 Å². The van der Waals surface area contributed by atoms with Crippen LogP contribution in [0.15, 0.2) is 6.20 Å².